The Labute approximate surface area is 240 Å². The van der Waals surface area contributed by atoms with Gasteiger partial charge in [-0.25, -0.2) is 0 Å². The molecule has 0 amide bonds. The molecular weight excluding hydrogens is 512 g/mol. The Bertz CT molecular complexity index is 1650. The first kappa shape index (κ1) is 28.4. The van der Waals surface area contributed by atoms with Gasteiger partial charge in [0.25, 0.3) is 0 Å². The lowest BCUT2D eigenvalue weighted by atomic mass is 9.78. The van der Waals surface area contributed by atoms with Crippen molar-refractivity contribution in [1.29, 1.82) is 10.5 Å². The van der Waals surface area contributed by atoms with E-state index in [9.17, 15) is 10.5 Å². The molecule has 41 heavy (non-hydrogen) atoms. The molecule has 0 aliphatic carbocycles. The van der Waals surface area contributed by atoms with E-state index in [0.29, 0.717) is 52.2 Å². The molecule has 0 radical (unpaired) electrons. The molecule has 202 valence electrons. The molecule has 0 aliphatic heterocycles. The first-order valence-electron chi connectivity index (χ1n) is 12.8. The van der Waals surface area contributed by atoms with Gasteiger partial charge in [0.1, 0.15) is 59.8 Å². The Hall–Kier alpha value is -5.64. The van der Waals surface area contributed by atoms with Crippen LogP contribution in [0.1, 0.15) is 36.1 Å². The predicted octanol–water partition coefficient (Wildman–Crippen LogP) is 7.92. The van der Waals surface area contributed by atoms with E-state index in [1.165, 1.54) is 0 Å². The summed E-state index contributed by atoms with van der Waals surface area (Å²) < 4.78 is 23.1. The van der Waals surface area contributed by atoms with E-state index in [0.717, 1.165) is 11.1 Å². The van der Waals surface area contributed by atoms with Crippen LogP contribution in [-0.4, -0.2) is 13.2 Å². The molecule has 4 aromatic rings. The third-order valence-electron chi connectivity index (χ3n) is 6.44. The summed E-state index contributed by atoms with van der Waals surface area (Å²) in [6, 6.07) is 29.9. The molecule has 0 unspecified atom stereocenters. The molecule has 0 atom stereocenters. The van der Waals surface area contributed by atoms with Crippen LogP contribution in [0.15, 0.2) is 97.6 Å². The number of nitriles is 2. The average Bonchev–Trinajstić information content (AvgIpc) is 3.00. The molecule has 0 spiro atoms. The minimum absolute atomic E-state index is 0.126. The van der Waals surface area contributed by atoms with Crippen LogP contribution < -0.4 is 18.9 Å². The Balaban J connectivity index is 1.49. The Morgan fingerprint density at radius 1 is 0.707 bits per heavy atom. The van der Waals surface area contributed by atoms with Gasteiger partial charge in [0, 0.05) is 17.5 Å². The number of hydrogen-bond donors (Lipinski definition) is 0. The Morgan fingerprint density at radius 3 is 1.56 bits per heavy atom. The van der Waals surface area contributed by atoms with E-state index < -0.39 is 0 Å². The maximum Gasteiger partial charge on any atom is 0.148 e. The van der Waals surface area contributed by atoms with Gasteiger partial charge in [0.2, 0.25) is 0 Å². The summed E-state index contributed by atoms with van der Waals surface area (Å²) in [7, 11) is 0. The molecule has 4 rings (SSSR count). The number of benzene rings is 4. The third kappa shape index (κ3) is 6.87. The van der Waals surface area contributed by atoms with Crippen molar-refractivity contribution in [1.82, 2.24) is 0 Å². The quantitative estimate of drug-likeness (QED) is 0.142. The number of hydrogen-bond acceptors (Lipinski definition) is 6. The molecule has 0 aromatic heterocycles. The minimum Gasteiger partial charge on any atom is -0.489 e. The number of ether oxygens (including phenoxy) is 4. The molecule has 0 saturated carbocycles. The number of nitrogens with zero attached hydrogens (tertiary/aromatic N) is 2. The van der Waals surface area contributed by atoms with Crippen molar-refractivity contribution in [3.05, 3.63) is 120 Å². The first-order valence-corrected chi connectivity index (χ1v) is 12.8. The van der Waals surface area contributed by atoms with E-state index >= 15 is 0 Å². The molecule has 0 saturated heterocycles. The van der Waals surface area contributed by atoms with E-state index in [4.69, 9.17) is 25.4 Å². The maximum absolute atomic E-state index is 9.49. The second kappa shape index (κ2) is 12.9. The van der Waals surface area contributed by atoms with Crippen LogP contribution in [-0.2, 0) is 5.41 Å². The largest absolute Gasteiger partial charge is 0.489 e. The molecule has 6 nitrogen and oxygen atoms in total. The van der Waals surface area contributed by atoms with E-state index in [2.05, 4.69) is 38.5 Å². The van der Waals surface area contributed by atoms with Gasteiger partial charge in [-0.1, -0.05) is 56.7 Å². The highest BCUT2D eigenvalue weighted by Crippen LogP contribution is 2.36. The van der Waals surface area contributed by atoms with Crippen molar-refractivity contribution in [2.75, 3.05) is 13.2 Å². The lowest BCUT2D eigenvalue weighted by Crippen LogP contribution is -2.18. The van der Waals surface area contributed by atoms with Crippen molar-refractivity contribution in [3.8, 4) is 59.0 Å². The fourth-order valence-electron chi connectivity index (χ4n) is 4.12. The van der Waals surface area contributed by atoms with Crippen LogP contribution in [0.4, 0.5) is 0 Å². The van der Waals surface area contributed by atoms with E-state index in [-0.39, 0.29) is 12.0 Å². The van der Waals surface area contributed by atoms with Gasteiger partial charge in [-0.3, -0.25) is 0 Å². The van der Waals surface area contributed by atoms with Crippen molar-refractivity contribution < 1.29 is 18.9 Å². The molecule has 0 heterocycles. The maximum atomic E-state index is 9.49. The molecule has 0 aliphatic rings. The fourth-order valence-corrected chi connectivity index (χ4v) is 4.12. The molecule has 6 heteroatoms. The molecule has 0 fully saturated rings. The van der Waals surface area contributed by atoms with Crippen molar-refractivity contribution in [2.45, 2.75) is 19.3 Å². The smallest absolute Gasteiger partial charge is 0.148 e. The molecular formula is C35H28N2O4. The van der Waals surface area contributed by atoms with Crippen molar-refractivity contribution in [2.24, 2.45) is 0 Å². The summed E-state index contributed by atoms with van der Waals surface area (Å²) in [6.07, 6.45) is 6.93. The normalized spacial score (nSPS) is 10.4. The van der Waals surface area contributed by atoms with E-state index in [1.807, 2.05) is 48.5 Å². The predicted molar refractivity (Wildman–Crippen MR) is 157 cm³/mol. The monoisotopic (exact) mass is 540 g/mol. The van der Waals surface area contributed by atoms with Crippen LogP contribution in [0.5, 0.6) is 34.5 Å². The van der Waals surface area contributed by atoms with Crippen molar-refractivity contribution in [3.63, 3.8) is 0 Å². The molecule has 0 bridgehead atoms. The second-order valence-electron chi connectivity index (χ2n) is 9.51. The molecule has 0 N–H and O–H groups in total. The summed E-state index contributed by atoms with van der Waals surface area (Å²) in [5, 5.41) is 19.0. The zero-order valence-electron chi connectivity index (χ0n) is 22.9. The summed E-state index contributed by atoms with van der Waals surface area (Å²) >= 11 is 0. The summed E-state index contributed by atoms with van der Waals surface area (Å²) in [5.74, 6) is 5.55. The van der Waals surface area contributed by atoms with Gasteiger partial charge < -0.3 is 18.9 Å². The lowest BCUT2D eigenvalue weighted by Gasteiger charge is -2.26. The average molecular weight is 541 g/mol. The van der Waals surface area contributed by atoms with Crippen LogP contribution >= 0.6 is 0 Å². The van der Waals surface area contributed by atoms with Gasteiger partial charge in [-0.05, 0) is 59.7 Å². The highest BCUT2D eigenvalue weighted by Gasteiger charge is 2.23. The summed E-state index contributed by atoms with van der Waals surface area (Å²) in [4.78, 5) is 0. The topological polar surface area (TPSA) is 84.5 Å². The minimum atomic E-state index is -0.325. The Kier molecular flexibility index (Phi) is 8.95. The second-order valence-corrected chi connectivity index (χ2v) is 9.51. The van der Waals surface area contributed by atoms with Gasteiger partial charge in [-0.15, -0.1) is 6.42 Å². The highest BCUT2D eigenvalue weighted by atomic mass is 16.5. The Morgan fingerprint density at radius 2 is 1.15 bits per heavy atom. The van der Waals surface area contributed by atoms with Crippen LogP contribution in [0, 0.1) is 35.0 Å². The standard InChI is InChI=1S/C35H28N2O4/c1-5-19-38-31-13-7-25(23-36)33(21-31)40-29-15-9-27(10-16-29)35(3,4)28-11-17-30(18-12-28)41-34-22-32(39-20-6-2)14-8-26(34)24-37/h1,6-18,21-22H,2,19-20H2,3-4H3. The van der Waals surface area contributed by atoms with Gasteiger partial charge >= 0.3 is 0 Å². The highest BCUT2D eigenvalue weighted by molar-refractivity contribution is 5.51. The van der Waals surface area contributed by atoms with Crippen LogP contribution in [0.2, 0.25) is 0 Å². The van der Waals surface area contributed by atoms with Crippen LogP contribution in [0.3, 0.4) is 0 Å². The zero-order chi connectivity index (χ0) is 29.2. The van der Waals surface area contributed by atoms with Gasteiger partial charge in [0.15, 0.2) is 0 Å². The van der Waals surface area contributed by atoms with E-state index in [1.54, 1.807) is 42.5 Å². The molecule has 4 aromatic carbocycles. The summed E-state index contributed by atoms with van der Waals surface area (Å²) in [6.45, 7) is 8.40. The third-order valence-corrected chi connectivity index (χ3v) is 6.44. The summed E-state index contributed by atoms with van der Waals surface area (Å²) in [5.41, 5.74) is 2.63. The van der Waals surface area contributed by atoms with Gasteiger partial charge in [0.05, 0.1) is 11.1 Å². The van der Waals surface area contributed by atoms with Crippen molar-refractivity contribution >= 4 is 0 Å². The number of rotatable bonds is 11. The first-order chi connectivity index (χ1) is 19.9. The SMILES string of the molecule is C#CCOc1ccc(C#N)c(Oc2ccc(C(C)(C)c3ccc(Oc4cc(OCC=C)ccc4C#N)cc3)cc2)c1. The number of terminal acetylenes is 1. The van der Waals surface area contributed by atoms with Gasteiger partial charge in [-0.2, -0.15) is 10.5 Å². The zero-order valence-corrected chi connectivity index (χ0v) is 22.9. The fraction of sp³-hybridized carbons (Fsp3) is 0.143. The van der Waals surface area contributed by atoms with Crippen LogP contribution in [0.25, 0.3) is 0 Å². The lowest BCUT2D eigenvalue weighted by molar-refractivity contribution is 0.360.